The van der Waals surface area contributed by atoms with Gasteiger partial charge in [0.15, 0.2) is 0 Å². The fourth-order valence-electron chi connectivity index (χ4n) is 1.00. The lowest BCUT2D eigenvalue weighted by molar-refractivity contribution is 0.0944. The zero-order valence-corrected chi connectivity index (χ0v) is 7.73. The third-order valence-corrected chi connectivity index (χ3v) is 1.69. The molecule has 0 saturated carbocycles. The lowest BCUT2D eigenvalue weighted by Gasteiger charge is -2.03. The number of hydrogen-bond donors (Lipinski definition) is 3. The predicted octanol–water partition coefficient (Wildman–Crippen LogP) is -0.738. The van der Waals surface area contributed by atoms with Gasteiger partial charge in [-0.25, -0.2) is 0 Å². The molecule has 0 radical (unpaired) electrons. The molecular formula is C9H13N3O2. The van der Waals surface area contributed by atoms with Crippen molar-refractivity contribution in [2.45, 2.75) is 6.54 Å². The molecule has 0 saturated heterocycles. The maximum atomic E-state index is 11.4. The number of amides is 1. The van der Waals surface area contributed by atoms with E-state index in [0.717, 1.165) is 0 Å². The monoisotopic (exact) mass is 195 g/mol. The van der Waals surface area contributed by atoms with Crippen LogP contribution in [0.25, 0.3) is 0 Å². The van der Waals surface area contributed by atoms with E-state index in [1.165, 1.54) is 6.20 Å². The summed E-state index contributed by atoms with van der Waals surface area (Å²) in [4.78, 5) is 15.3. The smallest absolute Gasteiger partial charge is 0.251 e. The maximum Gasteiger partial charge on any atom is 0.251 e. The Morgan fingerprint density at radius 2 is 2.43 bits per heavy atom. The summed E-state index contributed by atoms with van der Waals surface area (Å²) in [6.07, 6.45) is 1.54. The van der Waals surface area contributed by atoms with Crippen LogP contribution in [0.5, 0.6) is 0 Å². The number of pyridine rings is 1. The van der Waals surface area contributed by atoms with Crippen molar-refractivity contribution in [2.24, 2.45) is 5.73 Å². The zero-order chi connectivity index (χ0) is 10.4. The SMILES string of the molecule is NCc1cc(C(=O)NCCO)ccn1. The number of aromatic nitrogens is 1. The fraction of sp³-hybridized carbons (Fsp3) is 0.333. The highest BCUT2D eigenvalue weighted by molar-refractivity contribution is 5.94. The van der Waals surface area contributed by atoms with Crippen molar-refractivity contribution in [3.63, 3.8) is 0 Å². The van der Waals surface area contributed by atoms with Crippen LogP contribution in [0.1, 0.15) is 16.1 Å². The van der Waals surface area contributed by atoms with Crippen LogP contribution in [0.4, 0.5) is 0 Å². The number of aliphatic hydroxyl groups excluding tert-OH is 1. The van der Waals surface area contributed by atoms with Gasteiger partial charge in [-0.1, -0.05) is 0 Å². The molecule has 5 heteroatoms. The van der Waals surface area contributed by atoms with Crippen molar-refractivity contribution >= 4 is 5.91 Å². The Bertz CT molecular complexity index is 315. The number of nitrogens with one attached hydrogen (secondary N) is 1. The minimum atomic E-state index is -0.226. The second-order valence-corrected chi connectivity index (χ2v) is 2.72. The van der Waals surface area contributed by atoms with E-state index in [0.29, 0.717) is 17.8 Å². The molecule has 4 N–H and O–H groups in total. The van der Waals surface area contributed by atoms with Gasteiger partial charge in [-0.2, -0.15) is 0 Å². The van der Waals surface area contributed by atoms with Gasteiger partial charge in [-0.05, 0) is 12.1 Å². The summed E-state index contributed by atoms with van der Waals surface area (Å²) in [7, 11) is 0. The van der Waals surface area contributed by atoms with E-state index < -0.39 is 0 Å². The summed E-state index contributed by atoms with van der Waals surface area (Å²) < 4.78 is 0. The normalized spacial score (nSPS) is 9.86. The summed E-state index contributed by atoms with van der Waals surface area (Å²) in [5.74, 6) is -0.226. The average molecular weight is 195 g/mol. The van der Waals surface area contributed by atoms with Gasteiger partial charge in [0.1, 0.15) is 0 Å². The van der Waals surface area contributed by atoms with E-state index in [4.69, 9.17) is 10.8 Å². The molecule has 0 fully saturated rings. The molecule has 0 unspecified atom stereocenters. The largest absolute Gasteiger partial charge is 0.395 e. The summed E-state index contributed by atoms with van der Waals surface area (Å²) in [5, 5.41) is 11.1. The van der Waals surface area contributed by atoms with E-state index in [2.05, 4.69) is 10.3 Å². The van der Waals surface area contributed by atoms with E-state index in [9.17, 15) is 4.79 Å². The second kappa shape index (κ2) is 5.31. The standard InChI is InChI=1S/C9H13N3O2/c10-6-8-5-7(1-2-11-8)9(14)12-3-4-13/h1-2,5,13H,3-4,6,10H2,(H,12,14). The summed E-state index contributed by atoms with van der Waals surface area (Å²) >= 11 is 0. The van der Waals surface area contributed by atoms with Crippen molar-refractivity contribution in [3.05, 3.63) is 29.6 Å². The molecular weight excluding hydrogens is 182 g/mol. The van der Waals surface area contributed by atoms with Crippen molar-refractivity contribution in [1.29, 1.82) is 0 Å². The van der Waals surface area contributed by atoms with Crippen molar-refractivity contribution in [2.75, 3.05) is 13.2 Å². The van der Waals surface area contributed by atoms with Gasteiger partial charge in [-0.3, -0.25) is 9.78 Å². The molecule has 5 nitrogen and oxygen atoms in total. The molecule has 0 atom stereocenters. The summed E-state index contributed by atoms with van der Waals surface area (Å²) in [5.41, 5.74) is 6.56. The molecule has 0 bridgehead atoms. The maximum absolute atomic E-state index is 11.4. The van der Waals surface area contributed by atoms with Gasteiger partial charge in [0, 0.05) is 24.8 Å². The zero-order valence-electron chi connectivity index (χ0n) is 7.73. The molecule has 14 heavy (non-hydrogen) atoms. The molecule has 0 aliphatic carbocycles. The molecule has 0 aliphatic heterocycles. The van der Waals surface area contributed by atoms with Gasteiger partial charge in [-0.15, -0.1) is 0 Å². The highest BCUT2D eigenvalue weighted by Gasteiger charge is 2.04. The number of carbonyl (C=O) groups excluding carboxylic acids is 1. The van der Waals surface area contributed by atoms with Crippen LogP contribution in [-0.4, -0.2) is 29.1 Å². The minimum Gasteiger partial charge on any atom is -0.395 e. The Morgan fingerprint density at radius 3 is 3.07 bits per heavy atom. The molecule has 1 aromatic heterocycles. The van der Waals surface area contributed by atoms with Crippen LogP contribution in [-0.2, 0) is 6.54 Å². The number of carbonyl (C=O) groups is 1. The van der Waals surface area contributed by atoms with E-state index in [1.54, 1.807) is 12.1 Å². The summed E-state index contributed by atoms with van der Waals surface area (Å²) in [6.45, 7) is 0.487. The predicted molar refractivity (Wildman–Crippen MR) is 51.5 cm³/mol. The number of rotatable bonds is 4. The number of hydrogen-bond acceptors (Lipinski definition) is 4. The molecule has 1 rings (SSSR count). The Labute approximate surface area is 82.0 Å². The molecule has 0 spiro atoms. The molecule has 1 amide bonds. The number of nitrogens with two attached hydrogens (primary N) is 1. The molecule has 76 valence electrons. The lowest BCUT2D eigenvalue weighted by atomic mass is 10.2. The first kappa shape index (κ1) is 10.6. The van der Waals surface area contributed by atoms with E-state index >= 15 is 0 Å². The van der Waals surface area contributed by atoms with Gasteiger partial charge >= 0.3 is 0 Å². The third-order valence-electron chi connectivity index (χ3n) is 1.69. The number of aliphatic hydroxyl groups is 1. The average Bonchev–Trinajstić information content (AvgIpc) is 2.26. The molecule has 1 aromatic rings. The van der Waals surface area contributed by atoms with Gasteiger partial charge in [0.25, 0.3) is 5.91 Å². The third kappa shape index (κ3) is 2.79. The first-order valence-corrected chi connectivity index (χ1v) is 4.32. The van der Waals surface area contributed by atoms with Crippen LogP contribution >= 0.6 is 0 Å². The van der Waals surface area contributed by atoms with Crippen LogP contribution in [0.2, 0.25) is 0 Å². The van der Waals surface area contributed by atoms with Crippen LogP contribution < -0.4 is 11.1 Å². The fourth-order valence-corrected chi connectivity index (χ4v) is 1.00. The first-order valence-electron chi connectivity index (χ1n) is 4.32. The Balaban J connectivity index is 2.69. The Morgan fingerprint density at radius 1 is 1.64 bits per heavy atom. The second-order valence-electron chi connectivity index (χ2n) is 2.72. The van der Waals surface area contributed by atoms with Crippen molar-refractivity contribution in [3.8, 4) is 0 Å². The Hall–Kier alpha value is -1.46. The minimum absolute atomic E-state index is 0.0689. The quantitative estimate of drug-likeness (QED) is 0.590. The van der Waals surface area contributed by atoms with Gasteiger partial charge in [0.2, 0.25) is 0 Å². The lowest BCUT2D eigenvalue weighted by Crippen LogP contribution is -2.26. The van der Waals surface area contributed by atoms with Crippen LogP contribution in [0.15, 0.2) is 18.3 Å². The Kier molecular flexibility index (Phi) is 4.03. The molecule has 1 heterocycles. The van der Waals surface area contributed by atoms with Gasteiger partial charge in [0.05, 0.1) is 12.3 Å². The van der Waals surface area contributed by atoms with Crippen LogP contribution in [0, 0.1) is 0 Å². The number of nitrogens with zero attached hydrogens (tertiary/aromatic N) is 1. The van der Waals surface area contributed by atoms with E-state index in [1.807, 2.05) is 0 Å². The molecule has 0 aliphatic rings. The topological polar surface area (TPSA) is 88.2 Å². The highest BCUT2D eigenvalue weighted by Crippen LogP contribution is 2.00. The van der Waals surface area contributed by atoms with Crippen LogP contribution in [0.3, 0.4) is 0 Å². The first-order chi connectivity index (χ1) is 6.77. The van der Waals surface area contributed by atoms with Crippen molar-refractivity contribution < 1.29 is 9.90 Å². The van der Waals surface area contributed by atoms with Crippen molar-refractivity contribution in [1.82, 2.24) is 10.3 Å². The molecule has 0 aromatic carbocycles. The highest BCUT2D eigenvalue weighted by atomic mass is 16.3. The van der Waals surface area contributed by atoms with E-state index in [-0.39, 0.29) is 19.1 Å². The summed E-state index contributed by atoms with van der Waals surface area (Å²) in [6, 6.07) is 3.23. The van der Waals surface area contributed by atoms with Gasteiger partial charge < -0.3 is 16.2 Å².